The SMILES string of the molecule is CC(OC(F)(F)F)C1CCC(c2cc(F)c(F)c(F)c2)CC1. The Balaban J connectivity index is 1.98. The molecule has 22 heavy (non-hydrogen) atoms. The summed E-state index contributed by atoms with van der Waals surface area (Å²) in [5, 5.41) is 0. The van der Waals surface area contributed by atoms with Gasteiger partial charge >= 0.3 is 6.36 Å². The topological polar surface area (TPSA) is 9.23 Å². The lowest BCUT2D eigenvalue weighted by Gasteiger charge is -2.32. The molecule has 1 aromatic rings. The van der Waals surface area contributed by atoms with Crippen LogP contribution in [0.2, 0.25) is 0 Å². The van der Waals surface area contributed by atoms with E-state index in [1.54, 1.807) is 0 Å². The summed E-state index contributed by atoms with van der Waals surface area (Å²) in [4.78, 5) is 0. The van der Waals surface area contributed by atoms with Crippen molar-refractivity contribution in [2.75, 3.05) is 0 Å². The van der Waals surface area contributed by atoms with E-state index in [9.17, 15) is 26.3 Å². The predicted octanol–water partition coefficient (Wildman–Crippen LogP) is 5.30. The van der Waals surface area contributed by atoms with E-state index in [2.05, 4.69) is 4.74 Å². The van der Waals surface area contributed by atoms with Crippen LogP contribution >= 0.6 is 0 Å². The van der Waals surface area contributed by atoms with E-state index < -0.39 is 29.9 Å². The third kappa shape index (κ3) is 4.15. The van der Waals surface area contributed by atoms with Gasteiger partial charge in [0, 0.05) is 0 Å². The highest BCUT2D eigenvalue weighted by molar-refractivity contribution is 5.23. The van der Waals surface area contributed by atoms with Crippen molar-refractivity contribution in [3.63, 3.8) is 0 Å². The molecular weight excluding hydrogens is 310 g/mol. The van der Waals surface area contributed by atoms with E-state index in [0.717, 1.165) is 12.1 Å². The molecule has 0 heterocycles. The van der Waals surface area contributed by atoms with Gasteiger partial charge in [0.05, 0.1) is 6.10 Å². The molecule has 7 heteroatoms. The number of benzene rings is 1. The van der Waals surface area contributed by atoms with Crippen molar-refractivity contribution < 1.29 is 31.1 Å². The smallest absolute Gasteiger partial charge is 0.289 e. The summed E-state index contributed by atoms with van der Waals surface area (Å²) in [7, 11) is 0. The highest BCUT2D eigenvalue weighted by Gasteiger charge is 2.36. The van der Waals surface area contributed by atoms with Crippen molar-refractivity contribution in [2.24, 2.45) is 5.92 Å². The Morgan fingerprint density at radius 1 is 1.00 bits per heavy atom. The fourth-order valence-corrected chi connectivity index (χ4v) is 3.04. The van der Waals surface area contributed by atoms with Crippen LogP contribution in [0.1, 0.15) is 44.1 Å². The monoisotopic (exact) mass is 326 g/mol. The summed E-state index contributed by atoms with van der Waals surface area (Å²) < 4.78 is 79.9. The number of alkyl halides is 3. The molecule has 1 atom stereocenters. The molecule has 0 saturated heterocycles. The zero-order valence-electron chi connectivity index (χ0n) is 11.9. The second-order valence-corrected chi connectivity index (χ2v) is 5.68. The van der Waals surface area contributed by atoms with Crippen molar-refractivity contribution in [1.82, 2.24) is 0 Å². The van der Waals surface area contributed by atoms with Crippen LogP contribution in [0.25, 0.3) is 0 Å². The lowest BCUT2D eigenvalue weighted by Crippen LogP contribution is -2.30. The summed E-state index contributed by atoms with van der Waals surface area (Å²) in [5.41, 5.74) is 0.347. The van der Waals surface area contributed by atoms with Crippen LogP contribution in [0.4, 0.5) is 26.3 Å². The molecule has 1 aliphatic carbocycles. The first kappa shape index (κ1) is 17.1. The van der Waals surface area contributed by atoms with Gasteiger partial charge in [-0.05, 0) is 62.1 Å². The first-order chi connectivity index (χ1) is 10.2. The predicted molar refractivity (Wildman–Crippen MR) is 67.6 cm³/mol. The second-order valence-electron chi connectivity index (χ2n) is 5.68. The van der Waals surface area contributed by atoms with Crippen LogP contribution in [0.5, 0.6) is 0 Å². The lowest BCUT2D eigenvalue weighted by molar-refractivity contribution is -0.346. The molecule has 0 N–H and O–H groups in total. The molecule has 124 valence electrons. The van der Waals surface area contributed by atoms with E-state index in [4.69, 9.17) is 0 Å². The van der Waals surface area contributed by atoms with Gasteiger partial charge in [-0.25, -0.2) is 13.2 Å². The van der Waals surface area contributed by atoms with Gasteiger partial charge in [-0.3, -0.25) is 4.74 Å². The van der Waals surface area contributed by atoms with E-state index in [-0.39, 0.29) is 11.8 Å². The Hall–Kier alpha value is -1.24. The standard InChI is InChI=1S/C15H16F6O/c1-8(22-15(19,20)21)9-2-4-10(5-3-9)11-6-12(16)14(18)13(17)7-11/h6-10H,2-5H2,1H3. The number of ether oxygens (including phenoxy) is 1. The molecule has 0 radical (unpaired) electrons. The Labute approximate surface area is 124 Å². The molecule has 1 nitrogen and oxygen atoms in total. The highest BCUT2D eigenvalue weighted by Crippen LogP contribution is 2.39. The maximum atomic E-state index is 13.2. The van der Waals surface area contributed by atoms with Gasteiger partial charge in [0.25, 0.3) is 0 Å². The minimum Gasteiger partial charge on any atom is -0.289 e. The largest absolute Gasteiger partial charge is 0.522 e. The van der Waals surface area contributed by atoms with Gasteiger partial charge in [-0.1, -0.05) is 0 Å². The molecule has 0 aliphatic heterocycles. The first-order valence-electron chi connectivity index (χ1n) is 7.06. The van der Waals surface area contributed by atoms with E-state index in [1.165, 1.54) is 6.92 Å². The third-order valence-corrected chi connectivity index (χ3v) is 4.23. The van der Waals surface area contributed by atoms with Gasteiger partial charge in [0.1, 0.15) is 0 Å². The maximum absolute atomic E-state index is 13.2. The van der Waals surface area contributed by atoms with Gasteiger partial charge in [0.2, 0.25) is 0 Å². The quantitative estimate of drug-likeness (QED) is 0.541. The van der Waals surface area contributed by atoms with Crippen molar-refractivity contribution in [2.45, 2.75) is 51.0 Å². The Bertz CT molecular complexity index is 496. The van der Waals surface area contributed by atoms with Gasteiger partial charge in [-0.2, -0.15) is 0 Å². The molecule has 0 bridgehead atoms. The summed E-state index contributed by atoms with van der Waals surface area (Å²) in [6, 6.07) is 1.91. The van der Waals surface area contributed by atoms with Crippen LogP contribution in [0.15, 0.2) is 12.1 Å². The molecular formula is C15H16F6O. The van der Waals surface area contributed by atoms with Crippen molar-refractivity contribution in [1.29, 1.82) is 0 Å². The molecule has 1 fully saturated rings. The van der Waals surface area contributed by atoms with Crippen molar-refractivity contribution in [3.05, 3.63) is 35.1 Å². The van der Waals surface area contributed by atoms with Crippen LogP contribution < -0.4 is 0 Å². The molecule has 2 rings (SSSR count). The second kappa shape index (κ2) is 6.48. The lowest BCUT2D eigenvalue weighted by atomic mass is 9.77. The fraction of sp³-hybridized carbons (Fsp3) is 0.600. The average Bonchev–Trinajstić information content (AvgIpc) is 2.42. The summed E-state index contributed by atoms with van der Waals surface area (Å²) >= 11 is 0. The molecule has 1 saturated carbocycles. The van der Waals surface area contributed by atoms with Crippen LogP contribution in [0, 0.1) is 23.4 Å². The zero-order chi connectivity index (χ0) is 16.5. The molecule has 0 spiro atoms. The maximum Gasteiger partial charge on any atom is 0.522 e. The minimum atomic E-state index is -4.67. The van der Waals surface area contributed by atoms with E-state index in [0.29, 0.717) is 31.2 Å². The number of hydrogen-bond donors (Lipinski definition) is 0. The molecule has 1 aromatic carbocycles. The Morgan fingerprint density at radius 2 is 1.50 bits per heavy atom. The Morgan fingerprint density at radius 3 is 1.95 bits per heavy atom. The average molecular weight is 326 g/mol. The minimum absolute atomic E-state index is 0.182. The van der Waals surface area contributed by atoms with Crippen molar-refractivity contribution >= 4 is 0 Å². The molecule has 0 aromatic heterocycles. The fourth-order valence-electron chi connectivity index (χ4n) is 3.04. The summed E-state index contributed by atoms with van der Waals surface area (Å²) in [6.45, 7) is 1.37. The zero-order valence-corrected chi connectivity index (χ0v) is 11.9. The number of rotatable bonds is 3. The van der Waals surface area contributed by atoms with Crippen LogP contribution in [0.3, 0.4) is 0 Å². The third-order valence-electron chi connectivity index (χ3n) is 4.23. The molecule has 1 aliphatic rings. The molecule has 1 unspecified atom stereocenters. The summed E-state index contributed by atoms with van der Waals surface area (Å²) in [6.07, 6.45) is -3.73. The Kier molecular flexibility index (Phi) is 5.04. The van der Waals surface area contributed by atoms with Gasteiger partial charge in [0.15, 0.2) is 17.5 Å². The van der Waals surface area contributed by atoms with E-state index in [1.807, 2.05) is 0 Å². The van der Waals surface area contributed by atoms with Crippen molar-refractivity contribution in [3.8, 4) is 0 Å². The first-order valence-corrected chi connectivity index (χ1v) is 7.06. The number of halogens is 6. The molecule has 0 amide bonds. The number of hydrogen-bond acceptors (Lipinski definition) is 1. The van der Waals surface area contributed by atoms with Gasteiger partial charge < -0.3 is 0 Å². The van der Waals surface area contributed by atoms with Gasteiger partial charge in [-0.15, -0.1) is 13.2 Å². The van der Waals surface area contributed by atoms with Crippen LogP contribution in [-0.4, -0.2) is 12.5 Å². The van der Waals surface area contributed by atoms with Crippen LogP contribution in [-0.2, 0) is 4.74 Å². The highest BCUT2D eigenvalue weighted by atomic mass is 19.4. The summed E-state index contributed by atoms with van der Waals surface area (Å²) in [5.74, 6) is -4.44. The van der Waals surface area contributed by atoms with E-state index >= 15 is 0 Å². The normalized spacial score (nSPS) is 24.3.